The zero-order valence-corrected chi connectivity index (χ0v) is 33.7. The van der Waals surface area contributed by atoms with Crippen LogP contribution in [0.4, 0.5) is 0 Å². The average Bonchev–Trinajstić information content (AvgIpc) is 3.84. The summed E-state index contributed by atoms with van der Waals surface area (Å²) in [5, 5.41) is 2.41. The molecule has 11 aromatic rings. The summed E-state index contributed by atoms with van der Waals surface area (Å²) < 4.78 is 2.41. The molecule has 9 aromatic carbocycles. The van der Waals surface area contributed by atoms with E-state index in [0.717, 1.165) is 39.0 Å². The fourth-order valence-corrected chi connectivity index (χ4v) is 9.76. The van der Waals surface area contributed by atoms with Crippen molar-refractivity contribution in [1.82, 2.24) is 19.5 Å². The first-order chi connectivity index (χ1) is 30.7. The molecule has 0 aliphatic heterocycles. The van der Waals surface area contributed by atoms with E-state index in [-0.39, 0.29) is 0 Å². The maximum Gasteiger partial charge on any atom is 0.164 e. The van der Waals surface area contributed by atoms with Crippen molar-refractivity contribution in [3.05, 3.63) is 253 Å². The van der Waals surface area contributed by atoms with E-state index in [1.165, 1.54) is 49.7 Å². The summed E-state index contributed by atoms with van der Waals surface area (Å²) >= 11 is 0. The van der Waals surface area contributed by atoms with Crippen LogP contribution in [-0.4, -0.2) is 19.5 Å². The summed E-state index contributed by atoms with van der Waals surface area (Å²) in [6, 6.07) is 82.4. The molecule has 62 heavy (non-hydrogen) atoms. The Kier molecular flexibility index (Phi) is 8.36. The second-order valence-electron chi connectivity index (χ2n) is 16.0. The van der Waals surface area contributed by atoms with E-state index in [1.54, 1.807) is 0 Å². The standard InChI is InChI=1S/C58H38N4/c1-5-18-39(19-6-1)40-32-34-42(35-33-40)56-59-55(41-20-7-2-8-21-41)60-57(61-56)43-22-17-27-46(36-43)62-53-31-16-14-29-48(53)50-37-52-49(38-54(50)62)47-28-13-15-30-51(47)58(52,44-23-9-3-10-24-44)45-25-11-4-12-26-45/h1-38H. The van der Waals surface area contributed by atoms with E-state index < -0.39 is 5.41 Å². The zero-order chi connectivity index (χ0) is 41.0. The van der Waals surface area contributed by atoms with Gasteiger partial charge in [-0.05, 0) is 74.8 Å². The minimum atomic E-state index is -0.486. The summed E-state index contributed by atoms with van der Waals surface area (Å²) in [6.45, 7) is 0. The Bertz CT molecular complexity index is 3390. The van der Waals surface area contributed by atoms with E-state index >= 15 is 0 Å². The number of hydrogen-bond acceptors (Lipinski definition) is 3. The molecule has 0 atom stereocenters. The third kappa shape index (κ3) is 5.65. The number of rotatable bonds is 7. The predicted molar refractivity (Wildman–Crippen MR) is 253 cm³/mol. The molecule has 0 spiro atoms. The Morgan fingerprint density at radius 1 is 0.306 bits per heavy atom. The lowest BCUT2D eigenvalue weighted by Gasteiger charge is -2.33. The third-order valence-electron chi connectivity index (χ3n) is 12.5. The lowest BCUT2D eigenvalue weighted by atomic mass is 9.67. The first-order valence-corrected chi connectivity index (χ1v) is 21.1. The lowest BCUT2D eigenvalue weighted by Crippen LogP contribution is -2.28. The Labute approximate surface area is 360 Å². The number of aromatic nitrogens is 4. The fourth-order valence-electron chi connectivity index (χ4n) is 9.76. The number of fused-ring (bicyclic) bond motifs is 6. The highest BCUT2D eigenvalue weighted by Crippen LogP contribution is 2.57. The molecule has 0 fully saturated rings. The highest BCUT2D eigenvalue weighted by Gasteiger charge is 2.46. The number of hydrogen-bond donors (Lipinski definition) is 0. The number of para-hydroxylation sites is 1. The molecule has 0 saturated heterocycles. The van der Waals surface area contributed by atoms with Gasteiger partial charge in [-0.25, -0.2) is 15.0 Å². The molecule has 0 amide bonds. The van der Waals surface area contributed by atoms with Gasteiger partial charge < -0.3 is 4.57 Å². The maximum absolute atomic E-state index is 5.16. The molecular weight excluding hydrogens is 753 g/mol. The van der Waals surface area contributed by atoms with Crippen molar-refractivity contribution in [2.24, 2.45) is 0 Å². The topological polar surface area (TPSA) is 43.6 Å². The molecular formula is C58H38N4. The van der Waals surface area contributed by atoms with Gasteiger partial charge in [0, 0.05) is 33.2 Å². The van der Waals surface area contributed by atoms with Crippen LogP contribution in [0.25, 0.3) is 83.9 Å². The van der Waals surface area contributed by atoms with E-state index in [1.807, 2.05) is 24.3 Å². The second-order valence-corrected chi connectivity index (χ2v) is 16.0. The lowest BCUT2D eigenvalue weighted by molar-refractivity contribution is 0.769. The van der Waals surface area contributed by atoms with Crippen LogP contribution >= 0.6 is 0 Å². The normalized spacial score (nSPS) is 12.6. The molecule has 0 radical (unpaired) electrons. The van der Waals surface area contributed by atoms with E-state index in [2.05, 4.69) is 211 Å². The van der Waals surface area contributed by atoms with Gasteiger partial charge in [-0.3, -0.25) is 0 Å². The molecule has 290 valence electrons. The molecule has 0 bridgehead atoms. The smallest absolute Gasteiger partial charge is 0.164 e. The van der Waals surface area contributed by atoms with E-state index in [9.17, 15) is 0 Å². The molecule has 0 saturated carbocycles. The Morgan fingerprint density at radius 3 is 1.48 bits per heavy atom. The Hall–Kier alpha value is -8.21. The van der Waals surface area contributed by atoms with E-state index in [4.69, 9.17) is 15.0 Å². The largest absolute Gasteiger partial charge is 0.309 e. The Balaban J connectivity index is 1.05. The number of nitrogens with zero attached hydrogens (tertiary/aromatic N) is 4. The van der Waals surface area contributed by atoms with Crippen LogP contribution in [0.2, 0.25) is 0 Å². The first kappa shape index (κ1) is 35.7. The third-order valence-corrected chi connectivity index (χ3v) is 12.5. The van der Waals surface area contributed by atoms with Gasteiger partial charge in [0.25, 0.3) is 0 Å². The predicted octanol–water partition coefficient (Wildman–Crippen LogP) is 14.0. The summed E-state index contributed by atoms with van der Waals surface area (Å²) in [5.74, 6) is 1.88. The van der Waals surface area contributed by atoms with Gasteiger partial charge in [-0.1, -0.05) is 200 Å². The van der Waals surface area contributed by atoms with Crippen LogP contribution in [0.5, 0.6) is 0 Å². The van der Waals surface area contributed by atoms with Crippen molar-refractivity contribution >= 4 is 21.8 Å². The van der Waals surface area contributed by atoms with Crippen molar-refractivity contribution in [2.75, 3.05) is 0 Å². The van der Waals surface area contributed by atoms with Crippen molar-refractivity contribution in [2.45, 2.75) is 5.41 Å². The maximum atomic E-state index is 5.16. The summed E-state index contributed by atoms with van der Waals surface area (Å²) in [6.07, 6.45) is 0. The van der Waals surface area contributed by atoms with Gasteiger partial charge >= 0.3 is 0 Å². The molecule has 4 heteroatoms. The fraction of sp³-hybridized carbons (Fsp3) is 0.0172. The summed E-state index contributed by atoms with van der Waals surface area (Å²) in [5.41, 5.74) is 15.5. The first-order valence-electron chi connectivity index (χ1n) is 21.1. The summed E-state index contributed by atoms with van der Waals surface area (Å²) in [4.78, 5) is 15.3. The van der Waals surface area contributed by atoms with Crippen LogP contribution in [0, 0.1) is 0 Å². The Morgan fingerprint density at radius 2 is 0.806 bits per heavy atom. The molecule has 1 aliphatic rings. The highest BCUT2D eigenvalue weighted by atomic mass is 15.0. The molecule has 2 aromatic heterocycles. The van der Waals surface area contributed by atoms with Crippen LogP contribution in [0.15, 0.2) is 231 Å². The average molecular weight is 791 g/mol. The van der Waals surface area contributed by atoms with Crippen LogP contribution < -0.4 is 0 Å². The van der Waals surface area contributed by atoms with Crippen molar-refractivity contribution in [1.29, 1.82) is 0 Å². The van der Waals surface area contributed by atoms with Crippen LogP contribution in [0.3, 0.4) is 0 Å². The molecule has 12 rings (SSSR count). The highest BCUT2D eigenvalue weighted by molar-refractivity contribution is 6.12. The zero-order valence-electron chi connectivity index (χ0n) is 33.7. The molecule has 0 N–H and O–H groups in total. The van der Waals surface area contributed by atoms with Crippen molar-refractivity contribution in [3.8, 4) is 62.1 Å². The van der Waals surface area contributed by atoms with Gasteiger partial charge in [0.05, 0.1) is 16.4 Å². The van der Waals surface area contributed by atoms with Gasteiger partial charge in [0.15, 0.2) is 17.5 Å². The van der Waals surface area contributed by atoms with Gasteiger partial charge in [-0.15, -0.1) is 0 Å². The molecule has 1 aliphatic carbocycles. The number of benzene rings is 9. The van der Waals surface area contributed by atoms with Crippen LogP contribution in [-0.2, 0) is 5.41 Å². The van der Waals surface area contributed by atoms with Crippen molar-refractivity contribution < 1.29 is 0 Å². The van der Waals surface area contributed by atoms with Gasteiger partial charge in [0.2, 0.25) is 0 Å². The van der Waals surface area contributed by atoms with Crippen molar-refractivity contribution in [3.63, 3.8) is 0 Å². The van der Waals surface area contributed by atoms with Crippen LogP contribution in [0.1, 0.15) is 22.3 Å². The monoisotopic (exact) mass is 790 g/mol. The molecule has 2 heterocycles. The quantitative estimate of drug-likeness (QED) is 0.161. The minimum Gasteiger partial charge on any atom is -0.309 e. The molecule has 4 nitrogen and oxygen atoms in total. The van der Waals surface area contributed by atoms with Gasteiger partial charge in [-0.2, -0.15) is 0 Å². The minimum absolute atomic E-state index is 0.486. The summed E-state index contributed by atoms with van der Waals surface area (Å²) in [7, 11) is 0. The second kappa shape index (κ2) is 14.5. The molecule has 0 unspecified atom stereocenters. The van der Waals surface area contributed by atoms with E-state index in [0.29, 0.717) is 17.5 Å². The SMILES string of the molecule is c1ccc(-c2ccc(-c3nc(-c4ccccc4)nc(-c4cccc(-n5c6ccccc6c6cc7c(cc65)-c5ccccc5C7(c5ccccc5)c5ccccc5)c4)n3)cc2)cc1. The van der Waals surface area contributed by atoms with Gasteiger partial charge in [0.1, 0.15) is 0 Å².